The molecule has 0 saturated heterocycles. The summed E-state index contributed by atoms with van der Waals surface area (Å²) in [4.78, 5) is 26.3. The van der Waals surface area contributed by atoms with E-state index in [1.807, 2.05) is 6.92 Å². The van der Waals surface area contributed by atoms with Gasteiger partial charge in [-0.1, -0.05) is 18.2 Å². The fourth-order valence-electron chi connectivity index (χ4n) is 3.89. The third kappa shape index (κ3) is 4.95. The summed E-state index contributed by atoms with van der Waals surface area (Å²) in [5, 5.41) is 0. The molecule has 2 aromatic rings. The molecule has 0 radical (unpaired) electrons. The summed E-state index contributed by atoms with van der Waals surface area (Å²) in [5.41, 5.74) is 1.75. The molecule has 32 heavy (non-hydrogen) atoms. The Labute approximate surface area is 190 Å². The Morgan fingerprint density at radius 3 is 2.28 bits per heavy atom. The van der Waals surface area contributed by atoms with Crippen molar-refractivity contribution in [1.82, 2.24) is 8.87 Å². The van der Waals surface area contributed by atoms with Crippen molar-refractivity contribution in [3.8, 4) is 0 Å². The monoisotopic (exact) mass is 464 g/mol. The maximum absolute atomic E-state index is 13.6. The van der Waals surface area contributed by atoms with E-state index < -0.39 is 22.0 Å². The number of ketones is 1. The van der Waals surface area contributed by atoms with E-state index in [4.69, 9.17) is 9.47 Å². The van der Waals surface area contributed by atoms with E-state index >= 15 is 0 Å². The Morgan fingerprint density at radius 2 is 1.75 bits per heavy atom. The van der Waals surface area contributed by atoms with Crippen molar-refractivity contribution in [2.45, 2.75) is 52.1 Å². The largest absolute Gasteiger partial charge is 0.461 e. The lowest BCUT2D eigenvalue weighted by atomic mass is 10.0. The number of carbonyl (C=O) groups is 2. The molecule has 0 spiro atoms. The molecule has 0 aliphatic rings. The maximum Gasteiger partial charge on any atom is 0.355 e. The van der Waals surface area contributed by atoms with Crippen molar-refractivity contribution in [3.63, 3.8) is 0 Å². The van der Waals surface area contributed by atoms with Gasteiger partial charge in [0.25, 0.3) is 0 Å². The Kier molecular flexibility index (Phi) is 8.77. The number of sulfonamides is 1. The van der Waals surface area contributed by atoms with E-state index in [0.29, 0.717) is 29.1 Å². The molecule has 0 aliphatic heterocycles. The van der Waals surface area contributed by atoms with Gasteiger partial charge in [0.1, 0.15) is 5.69 Å². The van der Waals surface area contributed by atoms with Crippen LogP contribution in [-0.4, -0.2) is 62.0 Å². The molecule has 0 bridgehead atoms. The predicted molar refractivity (Wildman–Crippen MR) is 122 cm³/mol. The summed E-state index contributed by atoms with van der Waals surface area (Å²) >= 11 is 0. The lowest BCUT2D eigenvalue weighted by Crippen LogP contribution is -2.45. The highest BCUT2D eigenvalue weighted by Gasteiger charge is 2.36. The van der Waals surface area contributed by atoms with Crippen LogP contribution in [0.5, 0.6) is 0 Å². The number of carbonyl (C=O) groups excluding carboxylic acids is 2. The SMILES string of the molecule is CCOC(=O)c1c(C)c(C(=O)C(C)N(CCOC)S(=O)(=O)c2ccccc2)c(C)n1CC. The van der Waals surface area contributed by atoms with Gasteiger partial charge in [-0.15, -0.1) is 0 Å². The summed E-state index contributed by atoms with van der Waals surface area (Å²) in [6.45, 7) is 9.42. The highest BCUT2D eigenvalue weighted by atomic mass is 32.2. The summed E-state index contributed by atoms with van der Waals surface area (Å²) in [6, 6.07) is 6.98. The molecular formula is C23H32N2O6S. The first-order valence-corrected chi connectivity index (χ1v) is 12.0. The second-order valence-corrected chi connectivity index (χ2v) is 9.25. The van der Waals surface area contributed by atoms with Crippen LogP contribution < -0.4 is 0 Å². The second kappa shape index (κ2) is 10.9. The molecule has 1 unspecified atom stereocenters. The van der Waals surface area contributed by atoms with E-state index in [-0.39, 0.29) is 30.4 Å². The lowest BCUT2D eigenvalue weighted by Gasteiger charge is -2.27. The Hall–Kier alpha value is -2.49. The first kappa shape index (κ1) is 25.8. The van der Waals surface area contributed by atoms with Crippen LogP contribution in [0.25, 0.3) is 0 Å². The quantitative estimate of drug-likeness (QED) is 0.374. The molecule has 1 atom stereocenters. The highest BCUT2D eigenvalue weighted by Crippen LogP contribution is 2.27. The highest BCUT2D eigenvalue weighted by molar-refractivity contribution is 7.89. The smallest absolute Gasteiger partial charge is 0.355 e. The minimum atomic E-state index is -3.95. The number of aromatic nitrogens is 1. The van der Waals surface area contributed by atoms with Gasteiger partial charge in [0.05, 0.1) is 24.2 Å². The third-order valence-electron chi connectivity index (χ3n) is 5.48. The number of hydrogen-bond donors (Lipinski definition) is 0. The number of ether oxygens (including phenoxy) is 2. The second-order valence-electron chi connectivity index (χ2n) is 7.36. The van der Waals surface area contributed by atoms with Gasteiger partial charge in [-0.25, -0.2) is 13.2 Å². The van der Waals surface area contributed by atoms with Gasteiger partial charge in [0, 0.05) is 31.5 Å². The Morgan fingerprint density at radius 1 is 1.12 bits per heavy atom. The lowest BCUT2D eigenvalue weighted by molar-refractivity contribution is 0.0512. The minimum Gasteiger partial charge on any atom is -0.461 e. The standard InChI is InChI=1S/C23H32N2O6S/c1-7-24-17(4)20(16(3)21(24)23(27)31-8-2)22(26)18(5)25(14-15-30-6)32(28,29)19-12-10-9-11-13-19/h9-13,18H,7-8,14-15H2,1-6H3. The molecule has 0 aliphatic carbocycles. The van der Waals surface area contributed by atoms with Gasteiger partial charge in [-0.2, -0.15) is 4.31 Å². The first-order valence-electron chi connectivity index (χ1n) is 10.6. The van der Waals surface area contributed by atoms with Crippen molar-refractivity contribution >= 4 is 21.8 Å². The molecule has 1 aromatic heterocycles. The van der Waals surface area contributed by atoms with Gasteiger partial charge in [0.2, 0.25) is 10.0 Å². The van der Waals surface area contributed by atoms with Gasteiger partial charge < -0.3 is 14.0 Å². The number of methoxy groups -OCH3 is 1. The number of rotatable bonds is 11. The van der Waals surface area contributed by atoms with Crippen LogP contribution >= 0.6 is 0 Å². The molecule has 1 heterocycles. The summed E-state index contributed by atoms with van der Waals surface area (Å²) < 4.78 is 39.9. The fraction of sp³-hybridized carbons (Fsp3) is 0.478. The van der Waals surface area contributed by atoms with Crippen LogP contribution in [0.15, 0.2) is 35.2 Å². The van der Waals surface area contributed by atoms with Gasteiger partial charge in [0.15, 0.2) is 5.78 Å². The molecular weight excluding hydrogens is 432 g/mol. The van der Waals surface area contributed by atoms with Gasteiger partial charge in [-0.05, 0) is 52.3 Å². The van der Waals surface area contributed by atoms with Crippen LogP contribution in [0, 0.1) is 13.8 Å². The fourth-order valence-corrected chi connectivity index (χ4v) is 5.49. The zero-order valence-corrected chi connectivity index (χ0v) is 20.4. The summed E-state index contributed by atoms with van der Waals surface area (Å²) in [5.74, 6) is -0.886. The molecule has 176 valence electrons. The number of benzene rings is 1. The van der Waals surface area contributed by atoms with E-state index in [2.05, 4.69) is 0 Å². The Bertz CT molecular complexity index is 1060. The molecule has 2 rings (SSSR count). The van der Waals surface area contributed by atoms with Crippen LogP contribution in [0.1, 0.15) is 52.9 Å². The normalized spacial score (nSPS) is 12.7. The number of nitrogens with zero attached hydrogens (tertiary/aromatic N) is 2. The maximum atomic E-state index is 13.6. The van der Waals surface area contributed by atoms with E-state index in [0.717, 1.165) is 4.31 Å². The average molecular weight is 465 g/mol. The van der Waals surface area contributed by atoms with E-state index in [1.54, 1.807) is 50.5 Å². The van der Waals surface area contributed by atoms with Crippen LogP contribution in [0.3, 0.4) is 0 Å². The molecule has 8 nitrogen and oxygen atoms in total. The van der Waals surface area contributed by atoms with Crippen molar-refractivity contribution in [3.05, 3.63) is 52.8 Å². The van der Waals surface area contributed by atoms with Gasteiger partial charge >= 0.3 is 5.97 Å². The molecule has 1 aromatic carbocycles. The van der Waals surface area contributed by atoms with Crippen LogP contribution in [-0.2, 0) is 26.0 Å². The van der Waals surface area contributed by atoms with Crippen LogP contribution in [0.4, 0.5) is 0 Å². The molecule has 9 heteroatoms. The Balaban J connectivity index is 2.55. The summed E-state index contributed by atoms with van der Waals surface area (Å²) in [6.07, 6.45) is 0. The zero-order valence-electron chi connectivity index (χ0n) is 19.5. The van der Waals surface area contributed by atoms with Crippen molar-refractivity contribution in [2.24, 2.45) is 0 Å². The molecule has 0 fully saturated rings. The number of esters is 1. The zero-order chi connectivity index (χ0) is 24.1. The van der Waals surface area contributed by atoms with Crippen molar-refractivity contribution < 1.29 is 27.5 Å². The minimum absolute atomic E-state index is 0.0119. The van der Waals surface area contributed by atoms with Gasteiger partial charge in [-0.3, -0.25) is 4.79 Å². The molecule has 0 amide bonds. The van der Waals surface area contributed by atoms with E-state index in [9.17, 15) is 18.0 Å². The summed E-state index contributed by atoms with van der Waals surface area (Å²) in [7, 11) is -2.48. The van der Waals surface area contributed by atoms with E-state index in [1.165, 1.54) is 19.2 Å². The van der Waals surface area contributed by atoms with Crippen LogP contribution in [0.2, 0.25) is 0 Å². The predicted octanol–water partition coefficient (Wildman–Crippen LogP) is 3.21. The average Bonchev–Trinajstić information content (AvgIpc) is 3.03. The molecule has 0 N–H and O–H groups in total. The first-order chi connectivity index (χ1) is 15.1. The van der Waals surface area contributed by atoms with Crippen molar-refractivity contribution in [1.29, 1.82) is 0 Å². The van der Waals surface area contributed by atoms with Crippen molar-refractivity contribution in [2.75, 3.05) is 26.9 Å². The number of hydrogen-bond acceptors (Lipinski definition) is 6. The third-order valence-corrected chi connectivity index (χ3v) is 7.46. The topological polar surface area (TPSA) is 94.9 Å². The number of Topliss-reactive ketones (excluding diaryl/α,β-unsaturated/α-hetero) is 1. The molecule has 0 saturated carbocycles.